The van der Waals surface area contributed by atoms with Crippen molar-refractivity contribution < 1.29 is 34.6 Å². The summed E-state index contributed by atoms with van der Waals surface area (Å²) in [5.41, 5.74) is 2.21. The number of aliphatic hydroxyl groups is 4. The summed E-state index contributed by atoms with van der Waals surface area (Å²) >= 11 is 0. The minimum Gasteiger partial charge on any atom is -0.497 e. The third-order valence-corrected chi connectivity index (χ3v) is 4.59. The van der Waals surface area contributed by atoms with E-state index in [0.717, 1.165) is 23.3 Å². The second kappa shape index (κ2) is 8.69. The summed E-state index contributed by atoms with van der Waals surface area (Å²) in [5, 5.41) is 38.8. The van der Waals surface area contributed by atoms with E-state index in [1.807, 2.05) is 36.4 Å². The lowest BCUT2D eigenvalue weighted by molar-refractivity contribution is -0.277. The van der Waals surface area contributed by atoms with Crippen LogP contribution in [0.15, 0.2) is 48.5 Å². The summed E-state index contributed by atoms with van der Waals surface area (Å²) in [5.74, 6) is 1.25. The van der Waals surface area contributed by atoms with Gasteiger partial charge >= 0.3 is 0 Å². The van der Waals surface area contributed by atoms with Gasteiger partial charge in [-0.05, 0) is 41.8 Å². The summed E-state index contributed by atoms with van der Waals surface area (Å²) in [4.78, 5) is 0. The van der Waals surface area contributed by atoms with Crippen LogP contribution in [0.25, 0.3) is 0 Å². The van der Waals surface area contributed by atoms with Gasteiger partial charge in [0.1, 0.15) is 35.9 Å². The van der Waals surface area contributed by atoms with Gasteiger partial charge < -0.3 is 34.6 Å². The van der Waals surface area contributed by atoms with Gasteiger partial charge in [0.2, 0.25) is 6.29 Å². The number of hydrogen-bond donors (Lipinski definition) is 4. The zero-order valence-electron chi connectivity index (χ0n) is 14.9. The highest BCUT2D eigenvalue weighted by Crippen LogP contribution is 2.25. The molecular formula is C20H24O7. The van der Waals surface area contributed by atoms with Crippen LogP contribution in [0.5, 0.6) is 11.5 Å². The predicted octanol–water partition coefficient (Wildman–Crippen LogP) is 0.465. The molecule has 1 fully saturated rings. The number of hydrogen-bond acceptors (Lipinski definition) is 7. The Morgan fingerprint density at radius 3 is 1.89 bits per heavy atom. The van der Waals surface area contributed by atoms with Crippen LogP contribution in [0.4, 0.5) is 0 Å². The van der Waals surface area contributed by atoms with E-state index in [-0.39, 0.29) is 0 Å². The molecule has 0 unspecified atom stereocenters. The number of methoxy groups -OCH3 is 1. The lowest BCUT2D eigenvalue weighted by Gasteiger charge is -2.39. The highest BCUT2D eigenvalue weighted by atomic mass is 16.7. The van der Waals surface area contributed by atoms with Crippen molar-refractivity contribution in [3.8, 4) is 11.5 Å². The van der Waals surface area contributed by atoms with E-state index in [4.69, 9.17) is 14.2 Å². The zero-order chi connectivity index (χ0) is 19.4. The maximum atomic E-state index is 10.0. The lowest BCUT2D eigenvalue weighted by Crippen LogP contribution is -2.60. The fraction of sp³-hybridized carbons (Fsp3) is 0.400. The Hall–Kier alpha value is -2.16. The third kappa shape index (κ3) is 4.58. The van der Waals surface area contributed by atoms with Crippen LogP contribution in [0.2, 0.25) is 0 Å². The Morgan fingerprint density at radius 2 is 1.37 bits per heavy atom. The van der Waals surface area contributed by atoms with Gasteiger partial charge in [0.05, 0.1) is 13.7 Å². The van der Waals surface area contributed by atoms with Gasteiger partial charge in [0, 0.05) is 0 Å². The summed E-state index contributed by atoms with van der Waals surface area (Å²) in [6.45, 7) is -0.494. The van der Waals surface area contributed by atoms with Crippen molar-refractivity contribution in [2.75, 3.05) is 13.7 Å². The van der Waals surface area contributed by atoms with Crippen molar-refractivity contribution in [1.82, 2.24) is 0 Å². The minimum atomic E-state index is -1.46. The molecule has 4 N–H and O–H groups in total. The molecule has 1 saturated heterocycles. The molecule has 3 rings (SSSR count). The molecule has 0 aromatic heterocycles. The highest BCUT2D eigenvalue weighted by molar-refractivity contribution is 5.34. The summed E-state index contributed by atoms with van der Waals surface area (Å²) < 4.78 is 16.1. The Kier molecular flexibility index (Phi) is 6.30. The molecular weight excluding hydrogens is 352 g/mol. The normalized spacial score (nSPS) is 28.0. The number of benzene rings is 2. The first kappa shape index (κ1) is 19.6. The Bertz CT molecular complexity index is 714. The Labute approximate surface area is 157 Å². The van der Waals surface area contributed by atoms with Crippen molar-refractivity contribution >= 4 is 0 Å². The van der Waals surface area contributed by atoms with E-state index in [1.165, 1.54) is 0 Å². The summed E-state index contributed by atoms with van der Waals surface area (Å²) in [7, 11) is 1.63. The molecule has 0 amide bonds. The van der Waals surface area contributed by atoms with Gasteiger partial charge in [-0.15, -0.1) is 0 Å². The molecule has 0 spiro atoms. The monoisotopic (exact) mass is 376 g/mol. The fourth-order valence-corrected chi connectivity index (χ4v) is 2.96. The molecule has 146 valence electrons. The van der Waals surface area contributed by atoms with E-state index in [2.05, 4.69) is 0 Å². The molecule has 5 atom stereocenters. The van der Waals surface area contributed by atoms with Gasteiger partial charge in [-0.2, -0.15) is 0 Å². The second-order valence-electron chi connectivity index (χ2n) is 6.48. The quantitative estimate of drug-likeness (QED) is 0.580. The first-order chi connectivity index (χ1) is 13.0. The summed E-state index contributed by atoms with van der Waals surface area (Å²) in [6, 6.07) is 15.1. The van der Waals surface area contributed by atoms with Crippen LogP contribution < -0.4 is 9.47 Å². The average Bonchev–Trinajstić information content (AvgIpc) is 2.70. The van der Waals surface area contributed by atoms with Crippen molar-refractivity contribution in [2.45, 2.75) is 37.1 Å². The molecule has 1 aliphatic rings. The lowest BCUT2D eigenvalue weighted by atomic mass is 9.99. The molecule has 0 bridgehead atoms. The van der Waals surface area contributed by atoms with E-state index in [1.54, 1.807) is 19.2 Å². The molecule has 1 aliphatic heterocycles. The van der Waals surface area contributed by atoms with Crippen LogP contribution in [0.3, 0.4) is 0 Å². The smallest absolute Gasteiger partial charge is 0.229 e. The average molecular weight is 376 g/mol. The van der Waals surface area contributed by atoms with Crippen LogP contribution >= 0.6 is 0 Å². The van der Waals surface area contributed by atoms with Crippen molar-refractivity contribution in [2.24, 2.45) is 0 Å². The number of aliphatic hydroxyl groups excluding tert-OH is 4. The Balaban J connectivity index is 1.63. The molecule has 7 nitrogen and oxygen atoms in total. The number of ether oxygens (including phenoxy) is 3. The van der Waals surface area contributed by atoms with E-state index < -0.39 is 37.3 Å². The van der Waals surface area contributed by atoms with Crippen molar-refractivity contribution in [3.05, 3.63) is 59.7 Å². The van der Waals surface area contributed by atoms with E-state index >= 15 is 0 Å². The summed E-state index contributed by atoms with van der Waals surface area (Å²) in [6.07, 6.45) is -5.74. The van der Waals surface area contributed by atoms with Crippen LogP contribution in [0.1, 0.15) is 11.1 Å². The SMILES string of the molecule is COc1ccc(Cc2ccc(O[C@@H]3O[C@H](CO)[C@@H](O)[C@H](O)[C@H]3O)cc2)cc1. The number of rotatable bonds is 6. The van der Waals surface area contributed by atoms with E-state index in [9.17, 15) is 20.4 Å². The fourth-order valence-electron chi connectivity index (χ4n) is 2.96. The van der Waals surface area contributed by atoms with Gasteiger partial charge in [0.25, 0.3) is 0 Å². The standard InChI is InChI=1S/C20H24O7/c1-25-14-6-2-12(3-7-14)10-13-4-8-15(9-5-13)26-20-19(24)18(23)17(22)16(11-21)27-20/h2-9,16-24H,10-11H2,1H3/t16-,17-,18+,19-,20-/m1/s1. The third-order valence-electron chi connectivity index (χ3n) is 4.59. The zero-order valence-corrected chi connectivity index (χ0v) is 14.9. The molecule has 0 saturated carbocycles. The first-order valence-electron chi connectivity index (χ1n) is 8.71. The molecule has 2 aromatic rings. The molecule has 2 aromatic carbocycles. The van der Waals surface area contributed by atoms with Crippen LogP contribution in [-0.4, -0.2) is 64.8 Å². The van der Waals surface area contributed by atoms with Crippen molar-refractivity contribution in [1.29, 1.82) is 0 Å². The largest absolute Gasteiger partial charge is 0.497 e. The Morgan fingerprint density at radius 1 is 0.815 bits per heavy atom. The second-order valence-corrected chi connectivity index (χ2v) is 6.48. The van der Waals surface area contributed by atoms with Gasteiger partial charge in [-0.1, -0.05) is 24.3 Å². The minimum absolute atomic E-state index is 0.442. The molecule has 1 heterocycles. The molecule has 0 aliphatic carbocycles. The van der Waals surface area contributed by atoms with Gasteiger partial charge in [-0.3, -0.25) is 0 Å². The highest BCUT2D eigenvalue weighted by Gasteiger charge is 2.44. The van der Waals surface area contributed by atoms with Gasteiger partial charge in [0.15, 0.2) is 0 Å². The van der Waals surface area contributed by atoms with Crippen LogP contribution in [-0.2, 0) is 11.2 Å². The van der Waals surface area contributed by atoms with Crippen LogP contribution in [0, 0.1) is 0 Å². The topological polar surface area (TPSA) is 109 Å². The maximum absolute atomic E-state index is 10.0. The molecule has 0 radical (unpaired) electrons. The van der Waals surface area contributed by atoms with Gasteiger partial charge in [-0.25, -0.2) is 0 Å². The molecule has 7 heteroatoms. The van der Waals surface area contributed by atoms with E-state index in [0.29, 0.717) is 5.75 Å². The molecule has 27 heavy (non-hydrogen) atoms. The first-order valence-corrected chi connectivity index (χ1v) is 8.71. The van der Waals surface area contributed by atoms with Crippen molar-refractivity contribution in [3.63, 3.8) is 0 Å². The maximum Gasteiger partial charge on any atom is 0.229 e. The predicted molar refractivity (Wildman–Crippen MR) is 96.6 cm³/mol.